The highest BCUT2D eigenvalue weighted by Crippen LogP contribution is 2.46. The first kappa shape index (κ1) is 24.4. The number of hydrogen-bond donors (Lipinski definition) is 1. The molecule has 1 aliphatic rings. The third-order valence-electron chi connectivity index (χ3n) is 6.26. The number of imidazole rings is 1. The van der Waals surface area contributed by atoms with Crippen molar-refractivity contribution in [3.63, 3.8) is 0 Å². The van der Waals surface area contributed by atoms with Gasteiger partial charge in [-0.1, -0.05) is 26.0 Å². The molecule has 2 heterocycles. The molecule has 0 unspecified atom stereocenters. The summed E-state index contributed by atoms with van der Waals surface area (Å²) in [5.41, 5.74) is 2.03. The lowest BCUT2D eigenvalue weighted by Crippen LogP contribution is -2.50. The molecule has 1 amide bonds. The van der Waals surface area contributed by atoms with Gasteiger partial charge in [-0.05, 0) is 49.1 Å². The summed E-state index contributed by atoms with van der Waals surface area (Å²) in [6.07, 6.45) is 0.746. The van der Waals surface area contributed by atoms with Gasteiger partial charge >= 0.3 is 5.97 Å². The number of esters is 1. The Labute approximate surface area is 204 Å². The number of methoxy groups -OCH3 is 2. The van der Waals surface area contributed by atoms with Crippen LogP contribution in [0, 0.1) is 11.8 Å². The lowest BCUT2D eigenvalue weighted by Gasteiger charge is -2.38. The normalized spacial score (nSPS) is 17.5. The van der Waals surface area contributed by atoms with Crippen molar-refractivity contribution in [1.82, 2.24) is 9.55 Å². The summed E-state index contributed by atoms with van der Waals surface area (Å²) < 4.78 is 18.0. The van der Waals surface area contributed by atoms with Gasteiger partial charge in [-0.2, -0.15) is 0 Å². The quantitative estimate of drug-likeness (QED) is 0.384. The average molecular weight is 482 g/mol. The van der Waals surface area contributed by atoms with Crippen LogP contribution in [0.3, 0.4) is 0 Å². The second kappa shape index (κ2) is 9.85. The molecular formula is C26H31N3O6. The Morgan fingerprint density at radius 3 is 2.40 bits per heavy atom. The van der Waals surface area contributed by atoms with Crippen LogP contribution in [0.15, 0.2) is 36.4 Å². The average Bonchev–Trinajstić information content (AvgIpc) is 3.22. The minimum atomic E-state index is -1.16. The van der Waals surface area contributed by atoms with Crippen LogP contribution >= 0.6 is 0 Å². The Bertz CT molecular complexity index is 1230. The van der Waals surface area contributed by atoms with E-state index in [0.717, 1.165) is 11.9 Å². The maximum Gasteiger partial charge on any atom is 0.321 e. The zero-order chi connectivity index (χ0) is 25.3. The lowest BCUT2D eigenvalue weighted by molar-refractivity contribution is -0.153. The van der Waals surface area contributed by atoms with Crippen LogP contribution in [0.5, 0.6) is 17.2 Å². The molecule has 1 N–H and O–H groups in total. The van der Waals surface area contributed by atoms with Gasteiger partial charge in [-0.3, -0.25) is 14.5 Å². The number of nitrogens with zero attached hydrogens (tertiary/aromatic N) is 3. The Morgan fingerprint density at radius 1 is 1.14 bits per heavy atom. The van der Waals surface area contributed by atoms with E-state index in [0.29, 0.717) is 29.5 Å². The summed E-state index contributed by atoms with van der Waals surface area (Å²) in [6, 6.07) is 10.00. The summed E-state index contributed by atoms with van der Waals surface area (Å²) in [6.45, 7) is 6.43. The van der Waals surface area contributed by atoms with E-state index in [1.807, 2.05) is 28.8 Å². The molecular weight excluding hydrogens is 450 g/mol. The predicted molar refractivity (Wildman–Crippen MR) is 131 cm³/mol. The molecule has 0 radical (unpaired) electrons. The highest BCUT2D eigenvalue weighted by Gasteiger charge is 2.48. The van der Waals surface area contributed by atoms with Gasteiger partial charge in [0, 0.05) is 6.54 Å². The molecule has 0 saturated carbocycles. The molecule has 9 heteroatoms. The van der Waals surface area contributed by atoms with Crippen LogP contribution in [0.25, 0.3) is 11.0 Å². The Kier molecular flexibility index (Phi) is 6.86. The smallest absolute Gasteiger partial charge is 0.321 e. The van der Waals surface area contributed by atoms with E-state index in [9.17, 15) is 14.7 Å². The molecule has 2 aromatic carbocycles. The summed E-state index contributed by atoms with van der Waals surface area (Å²) in [4.78, 5) is 33.6. The summed E-state index contributed by atoms with van der Waals surface area (Å²) in [5, 5.41) is 10.5. The number of carbonyl (C=O) groups excluding carboxylic acids is 2. The van der Waals surface area contributed by atoms with Crippen molar-refractivity contribution in [2.45, 2.75) is 33.2 Å². The van der Waals surface area contributed by atoms with Crippen LogP contribution in [0.1, 0.15) is 38.8 Å². The van der Waals surface area contributed by atoms with Crippen molar-refractivity contribution in [3.05, 3.63) is 42.0 Å². The number of fused-ring (bicyclic) bond motifs is 3. The first-order valence-corrected chi connectivity index (χ1v) is 11.7. The van der Waals surface area contributed by atoms with Crippen LogP contribution in [0.2, 0.25) is 0 Å². The van der Waals surface area contributed by atoms with Gasteiger partial charge in [0.15, 0.2) is 17.4 Å². The van der Waals surface area contributed by atoms with E-state index in [1.165, 1.54) is 14.2 Å². The number of rotatable bonds is 8. The molecule has 3 aromatic rings. The topological polar surface area (TPSA) is 103 Å². The third kappa shape index (κ3) is 4.26. The molecule has 0 bridgehead atoms. The molecule has 1 aromatic heterocycles. The molecule has 9 nitrogen and oxygen atoms in total. The molecule has 0 saturated heterocycles. The number of phenolic OH excluding ortho intramolecular Hbond substituents is 1. The molecule has 35 heavy (non-hydrogen) atoms. The van der Waals surface area contributed by atoms with Crippen LogP contribution in [0.4, 0.5) is 5.95 Å². The number of aromatic hydroxyl groups is 1. The zero-order valence-electron chi connectivity index (χ0n) is 20.6. The first-order chi connectivity index (χ1) is 16.8. The standard InChI is InChI=1S/C26H31N3O6/c1-6-35-25(32)21-22(16-13-19(33-4)23(30)20(14-16)34-5)29-18-10-8-7-9-17(18)27-26(29)28(24(21)31)12-11-15(2)3/h7-10,13-15,21-22,30H,6,11-12H2,1-5H3/t21-,22-/m0/s1. The lowest BCUT2D eigenvalue weighted by atomic mass is 9.88. The van der Waals surface area contributed by atoms with Crippen molar-refractivity contribution in [1.29, 1.82) is 0 Å². The Balaban J connectivity index is 2.01. The largest absolute Gasteiger partial charge is 0.502 e. The predicted octanol–water partition coefficient (Wildman–Crippen LogP) is 3.92. The van der Waals surface area contributed by atoms with Crippen molar-refractivity contribution in [3.8, 4) is 17.2 Å². The highest BCUT2D eigenvalue weighted by molar-refractivity contribution is 6.08. The summed E-state index contributed by atoms with van der Waals surface area (Å²) in [7, 11) is 2.86. The SMILES string of the molecule is CCOC(=O)[C@@H]1C(=O)N(CCC(C)C)c2nc3ccccc3n2[C@H]1c1cc(OC)c(O)c(OC)c1. The Morgan fingerprint density at radius 2 is 1.80 bits per heavy atom. The zero-order valence-corrected chi connectivity index (χ0v) is 20.6. The van der Waals surface area contributed by atoms with E-state index in [1.54, 1.807) is 24.0 Å². The fraction of sp³-hybridized carbons (Fsp3) is 0.423. The first-order valence-electron chi connectivity index (χ1n) is 11.7. The number of carbonyl (C=O) groups is 2. The van der Waals surface area contributed by atoms with Gasteiger partial charge < -0.3 is 23.9 Å². The van der Waals surface area contributed by atoms with Gasteiger partial charge in [0.25, 0.3) is 0 Å². The van der Waals surface area contributed by atoms with Crippen LogP contribution in [-0.4, -0.2) is 53.9 Å². The second-order valence-corrected chi connectivity index (χ2v) is 8.89. The second-order valence-electron chi connectivity index (χ2n) is 8.89. The number of aromatic nitrogens is 2. The third-order valence-corrected chi connectivity index (χ3v) is 6.26. The number of ether oxygens (including phenoxy) is 3. The fourth-order valence-corrected chi connectivity index (χ4v) is 4.53. The number of amides is 1. The molecule has 0 fully saturated rings. The van der Waals surface area contributed by atoms with Gasteiger partial charge in [0.1, 0.15) is 0 Å². The van der Waals surface area contributed by atoms with Crippen LogP contribution < -0.4 is 14.4 Å². The van der Waals surface area contributed by atoms with Crippen molar-refractivity contribution in [2.24, 2.45) is 11.8 Å². The summed E-state index contributed by atoms with van der Waals surface area (Å²) in [5.74, 6) is -1.16. The molecule has 1 aliphatic heterocycles. The van der Waals surface area contributed by atoms with Gasteiger partial charge in [0.05, 0.1) is 37.9 Å². The number of hydrogen-bond acceptors (Lipinski definition) is 7. The van der Waals surface area contributed by atoms with Gasteiger partial charge in [0.2, 0.25) is 17.6 Å². The van der Waals surface area contributed by atoms with Gasteiger partial charge in [-0.15, -0.1) is 0 Å². The van der Waals surface area contributed by atoms with E-state index < -0.39 is 17.9 Å². The van der Waals surface area contributed by atoms with E-state index >= 15 is 0 Å². The maximum absolute atomic E-state index is 13.9. The van der Waals surface area contributed by atoms with Crippen molar-refractivity contribution in [2.75, 3.05) is 32.3 Å². The fourth-order valence-electron chi connectivity index (χ4n) is 4.53. The molecule has 186 valence electrons. The number of benzene rings is 2. The van der Waals surface area contributed by atoms with E-state index in [4.69, 9.17) is 19.2 Å². The molecule has 2 atom stereocenters. The van der Waals surface area contributed by atoms with Crippen LogP contribution in [-0.2, 0) is 14.3 Å². The summed E-state index contributed by atoms with van der Waals surface area (Å²) >= 11 is 0. The molecule has 0 aliphatic carbocycles. The number of phenols is 1. The van der Waals surface area contributed by atoms with E-state index in [2.05, 4.69) is 13.8 Å². The van der Waals surface area contributed by atoms with Crippen molar-refractivity contribution >= 4 is 28.9 Å². The molecule has 4 rings (SSSR count). The van der Waals surface area contributed by atoms with Gasteiger partial charge in [-0.25, -0.2) is 4.98 Å². The highest BCUT2D eigenvalue weighted by atomic mass is 16.5. The monoisotopic (exact) mass is 481 g/mol. The number of para-hydroxylation sites is 2. The minimum Gasteiger partial charge on any atom is -0.502 e. The maximum atomic E-state index is 13.9. The Hall–Kier alpha value is -3.75. The number of anilines is 1. The van der Waals surface area contributed by atoms with E-state index in [-0.39, 0.29) is 29.8 Å². The molecule has 0 spiro atoms. The van der Waals surface area contributed by atoms with Crippen molar-refractivity contribution < 1.29 is 28.9 Å². The minimum absolute atomic E-state index is 0.140.